The summed E-state index contributed by atoms with van der Waals surface area (Å²) in [5.74, 6) is 0. The van der Waals surface area contributed by atoms with Crippen LogP contribution in [0.2, 0.25) is 0 Å². The van der Waals surface area contributed by atoms with Gasteiger partial charge in [0, 0.05) is 4.47 Å². The third kappa shape index (κ3) is 2.41. The molecule has 1 heterocycles. The first-order chi connectivity index (χ1) is 8.42. The number of aromatic amines is 1. The van der Waals surface area contributed by atoms with E-state index in [-0.39, 0.29) is 4.90 Å². The van der Waals surface area contributed by atoms with Crippen molar-refractivity contribution in [2.75, 3.05) is 4.72 Å². The van der Waals surface area contributed by atoms with Gasteiger partial charge in [0.1, 0.15) is 4.90 Å². The number of sulfonamides is 1. The smallest absolute Gasteiger partial charge is 0.265 e. The van der Waals surface area contributed by atoms with Crippen LogP contribution in [0.4, 0.5) is 5.69 Å². The number of rotatable bonds is 3. The molecule has 2 N–H and O–H groups in total. The van der Waals surface area contributed by atoms with Gasteiger partial charge < -0.3 is 0 Å². The lowest BCUT2D eigenvalue weighted by Gasteiger charge is -2.10. The topological polar surface area (TPSA) is 74.8 Å². The third-order valence-corrected chi connectivity index (χ3v) is 4.92. The van der Waals surface area contributed by atoms with Crippen LogP contribution in [0.5, 0.6) is 0 Å². The van der Waals surface area contributed by atoms with Gasteiger partial charge in [-0.15, -0.1) is 0 Å². The summed E-state index contributed by atoms with van der Waals surface area (Å²) < 4.78 is 27.7. The highest BCUT2D eigenvalue weighted by molar-refractivity contribution is 9.10. The van der Waals surface area contributed by atoms with Crippen LogP contribution in [-0.2, 0) is 10.0 Å². The molecule has 0 bridgehead atoms. The standard InChI is InChI=1S/C11H12BrN3O2S/c1-7-9(12)4-3-5-10(7)15-18(16,17)11-6-13-14-8(11)2/h3-6,15H,1-2H3,(H,13,14). The Balaban J connectivity index is 2.40. The largest absolute Gasteiger partial charge is 0.281 e. The second kappa shape index (κ2) is 4.74. The maximum absolute atomic E-state index is 12.2. The van der Waals surface area contributed by atoms with E-state index in [9.17, 15) is 8.42 Å². The maximum Gasteiger partial charge on any atom is 0.265 e. The molecule has 0 aliphatic carbocycles. The zero-order valence-electron chi connectivity index (χ0n) is 9.86. The van der Waals surface area contributed by atoms with E-state index in [1.807, 2.05) is 13.0 Å². The van der Waals surface area contributed by atoms with Crippen LogP contribution in [0.25, 0.3) is 0 Å². The first-order valence-electron chi connectivity index (χ1n) is 5.20. The highest BCUT2D eigenvalue weighted by atomic mass is 79.9. The Hall–Kier alpha value is -1.34. The van der Waals surface area contributed by atoms with Crippen molar-refractivity contribution in [3.05, 3.63) is 40.1 Å². The van der Waals surface area contributed by atoms with E-state index in [1.165, 1.54) is 6.20 Å². The van der Waals surface area contributed by atoms with Crippen LogP contribution in [0.3, 0.4) is 0 Å². The van der Waals surface area contributed by atoms with Crippen molar-refractivity contribution in [2.45, 2.75) is 18.7 Å². The number of nitrogens with zero attached hydrogens (tertiary/aromatic N) is 1. The molecule has 0 radical (unpaired) electrons. The van der Waals surface area contributed by atoms with Crippen molar-refractivity contribution >= 4 is 31.6 Å². The van der Waals surface area contributed by atoms with Crippen molar-refractivity contribution in [1.29, 1.82) is 0 Å². The minimum absolute atomic E-state index is 0.155. The Morgan fingerprint density at radius 1 is 1.33 bits per heavy atom. The summed E-state index contributed by atoms with van der Waals surface area (Å²) in [4.78, 5) is 0.155. The fourth-order valence-electron chi connectivity index (χ4n) is 1.53. The molecule has 1 aromatic heterocycles. The van der Waals surface area contributed by atoms with Gasteiger partial charge in [0.2, 0.25) is 0 Å². The fraction of sp³-hybridized carbons (Fsp3) is 0.182. The Morgan fingerprint density at radius 3 is 2.67 bits per heavy atom. The molecular weight excluding hydrogens is 318 g/mol. The summed E-state index contributed by atoms with van der Waals surface area (Å²) in [7, 11) is -3.60. The highest BCUT2D eigenvalue weighted by Crippen LogP contribution is 2.26. The monoisotopic (exact) mass is 329 g/mol. The van der Waals surface area contributed by atoms with Crippen LogP contribution >= 0.6 is 15.9 Å². The van der Waals surface area contributed by atoms with Gasteiger partial charge in [-0.2, -0.15) is 5.10 Å². The van der Waals surface area contributed by atoms with E-state index < -0.39 is 10.0 Å². The lowest BCUT2D eigenvalue weighted by molar-refractivity contribution is 0.600. The molecule has 0 aliphatic rings. The Morgan fingerprint density at radius 2 is 2.06 bits per heavy atom. The summed E-state index contributed by atoms with van der Waals surface area (Å²) in [6, 6.07) is 5.35. The molecule has 0 atom stereocenters. The van der Waals surface area contributed by atoms with Gasteiger partial charge in [-0.25, -0.2) is 8.42 Å². The summed E-state index contributed by atoms with van der Waals surface area (Å²) in [6.07, 6.45) is 1.30. The Kier molecular flexibility index (Phi) is 3.45. The maximum atomic E-state index is 12.2. The minimum atomic E-state index is -3.60. The molecule has 0 aliphatic heterocycles. The molecule has 2 aromatic rings. The fourth-order valence-corrected chi connectivity index (χ4v) is 3.16. The lowest BCUT2D eigenvalue weighted by Crippen LogP contribution is -2.14. The predicted molar refractivity (Wildman–Crippen MR) is 73.0 cm³/mol. The molecule has 1 aromatic carbocycles. The Labute approximate surface area is 114 Å². The number of halogens is 1. The Bertz CT molecular complexity index is 679. The number of H-pyrrole nitrogens is 1. The van der Waals surface area contributed by atoms with Gasteiger partial charge in [0.15, 0.2) is 0 Å². The molecule has 0 spiro atoms. The van der Waals surface area contributed by atoms with E-state index >= 15 is 0 Å². The van der Waals surface area contributed by atoms with Crippen LogP contribution in [0.1, 0.15) is 11.3 Å². The van der Waals surface area contributed by atoms with Gasteiger partial charge >= 0.3 is 0 Å². The number of anilines is 1. The lowest BCUT2D eigenvalue weighted by atomic mass is 10.2. The summed E-state index contributed by atoms with van der Waals surface area (Å²) in [5, 5.41) is 6.32. The van der Waals surface area contributed by atoms with Gasteiger partial charge in [-0.3, -0.25) is 9.82 Å². The average Bonchev–Trinajstić information content (AvgIpc) is 2.72. The SMILES string of the molecule is Cc1[nH]ncc1S(=O)(=O)Nc1cccc(Br)c1C. The molecule has 0 saturated carbocycles. The zero-order valence-corrected chi connectivity index (χ0v) is 12.3. The van der Waals surface area contributed by atoms with Crippen molar-refractivity contribution in [3.63, 3.8) is 0 Å². The van der Waals surface area contributed by atoms with Crippen molar-refractivity contribution < 1.29 is 8.42 Å². The van der Waals surface area contributed by atoms with Gasteiger partial charge in [-0.1, -0.05) is 22.0 Å². The van der Waals surface area contributed by atoms with Crippen LogP contribution in [0.15, 0.2) is 33.8 Å². The first-order valence-corrected chi connectivity index (χ1v) is 7.47. The van der Waals surface area contributed by atoms with Gasteiger partial charge in [0.05, 0.1) is 17.6 Å². The average molecular weight is 330 g/mol. The number of benzene rings is 1. The molecule has 96 valence electrons. The highest BCUT2D eigenvalue weighted by Gasteiger charge is 2.19. The molecule has 5 nitrogen and oxygen atoms in total. The van der Waals surface area contributed by atoms with Crippen LogP contribution in [-0.4, -0.2) is 18.6 Å². The number of nitrogens with one attached hydrogen (secondary N) is 2. The third-order valence-electron chi connectivity index (χ3n) is 2.59. The molecule has 0 saturated heterocycles. The number of hydrogen-bond acceptors (Lipinski definition) is 3. The summed E-state index contributed by atoms with van der Waals surface area (Å²) in [5.41, 5.74) is 1.89. The number of aromatic nitrogens is 2. The van der Waals surface area contributed by atoms with Crippen LogP contribution < -0.4 is 4.72 Å². The van der Waals surface area contributed by atoms with E-state index in [0.29, 0.717) is 11.4 Å². The predicted octanol–water partition coefficient (Wildman–Crippen LogP) is 2.59. The quantitative estimate of drug-likeness (QED) is 0.908. The van der Waals surface area contributed by atoms with E-state index in [1.54, 1.807) is 19.1 Å². The number of hydrogen-bond donors (Lipinski definition) is 2. The van der Waals surface area contributed by atoms with Gasteiger partial charge in [0.25, 0.3) is 10.0 Å². The second-order valence-electron chi connectivity index (χ2n) is 3.88. The van der Waals surface area contributed by atoms with Crippen molar-refractivity contribution in [3.8, 4) is 0 Å². The molecule has 2 rings (SSSR count). The van der Waals surface area contributed by atoms with E-state index in [2.05, 4.69) is 30.8 Å². The summed E-state index contributed by atoms with van der Waals surface area (Å²) >= 11 is 3.36. The van der Waals surface area contributed by atoms with E-state index in [0.717, 1.165) is 10.0 Å². The van der Waals surface area contributed by atoms with Crippen molar-refractivity contribution in [2.24, 2.45) is 0 Å². The molecule has 0 unspecified atom stereocenters. The van der Waals surface area contributed by atoms with Crippen molar-refractivity contribution in [1.82, 2.24) is 10.2 Å². The molecular formula is C11H12BrN3O2S. The normalized spacial score (nSPS) is 11.5. The zero-order chi connectivity index (χ0) is 13.3. The minimum Gasteiger partial charge on any atom is -0.281 e. The van der Waals surface area contributed by atoms with E-state index in [4.69, 9.17) is 0 Å². The first kappa shape index (κ1) is 13.1. The molecule has 7 heteroatoms. The van der Waals surface area contributed by atoms with Gasteiger partial charge in [-0.05, 0) is 31.5 Å². The molecule has 0 amide bonds. The second-order valence-corrected chi connectivity index (χ2v) is 6.38. The molecule has 0 fully saturated rings. The summed E-state index contributed by atoms with van der Waals surface area (Å²) in [6.45, 7) is 3.50. The number of aryl methyl sites for hydroxylation is 1. The molecule has 18 heavy (non-hydrogen) atoms. The van der Waals surface area contributed by atoms with Crippen LogP contribution in [0, 0.1) is 13.8 Å².